The average Bonchev–Trinajstić information content (AvgIpc) is 2.33. The van der Waals surface area contributed by atoms with Crippen LogP contribution in [0.15, 0.2) is 36.4 Å². The Kier molecular flexibility index (Phi) is 3.46. The Morgan fingerprint density at radius 1 is 1.00 bits per heavy atom. The van der Waals surface area contributed by atoms with Crippen LogP contribution in [0, 0.1) is 18.6 Å². The van der Waals surface area contributed by atoms with Crippen LogP contribution in [0.3, 0.4) is 0 Å². The molecule has 0 aliphatic heterocycles. The molecule has 0 unspecified atom stereocenters. The van der Waals surface area contributed by atoms with Gasteiger partial charge in [0.1, 0.15) is 11.6 Å². The standard InChI is InChI=1S/C16H16F2/c1-10(2)14-9-12(8-11(3)16(14)18)13-6-4-5-7-15(13)17/h4-10H,1-3H3. The first-order valence-corrected chi connectivity index (χ1v) is 6.05. The van der Waals surface area contributed by atoms with Gasteiger partial charge in [0.05, 0.1) is 0 Å². The molecule has 2 aromatic rings. The molecule has 2 heteroatoms. The van der Waals surface area contributed by atoms with E-state index in [2.05, 4.69) is 0 Å². The van der Waals surface area contributed by atoms with Gasteiger partial charge in [0.25, 0.3) is 0 Å². The van der Waals surface area contributed by atoms with Crippen molar-refractivity contribution in [3.63, 3.8) is 0 Å². The summed E-state index contributed by atoms with van der Waals surface area (Å²) in [6.07, 6.45) is 0. The van der Waals surface area contributed by atoms with Crippen molar-refractivity contribution < 1.29 is 8.78 Å². The number of halogens is 2. The van der Waals surface area contributed by atoms with Crippen molar-refractivity contribution in [1.82, 2.24) is 0 Å². The van der Waals surface area contributed by atoms with Crippen LogP contribution in [0.25, 0.3) is 11.1 Å². The smallest absolute Gasteiger partial charge is 0.131 e. The van der Waals surface area contributed by atoms with E-state index in [4.69, 9.17) is 0 Å². The summed E-state index contributed by atoms with van der Waals surface area (Å²) in [5, 5.41) is 0. The maximum Gasteiger partial charge on any atom is 0.131 e. The van der Waals surface area contributed by atoms with E-state index in [1.54, 1.807) is 37.3 Å². The maximum absolute atomic E-state index is 14.0. The van der Waals surface area contributed by atoms with Crippen molar-refractivity contribution in [3.05, 3.63) is 59.2 Å². The van der Waals surface area contributed by atoms with Gasteiger partial charge in [-0.3, -0.25) is 0 Å². The van der Waals surface area contributed by atoms with Gasteiger partial charge in [0, 0.05) is 5.56 Å². The zero-order valence-corrected chi connectivity index (χ0v) is 10.8. The monoisotopic (exact) mass is 246 g/mol. The molecule has 0 amide bonds. The highest BCUT2D eigenvalue weighted by Gasteiger charge is 2.13. The Balaban J connectivity index is 2.63. The van der Waals surface area contributed by atoms with Gasteiger partial charge in [-0.15, -0.1) is 0 Å². The Morgan fingerprint density at radius 2 is 1.67 bits per heavy atom. The van der Waals surface area contributed by atoms with E-state index in [1.165, 1.54) is 6.07 Å². The molecule has 18 heavy (non-hydrogen) atoms. The molecule has 94 valence electrons. The second kappa shape index (κ2) is 4.89. The lowest BCUT2D eigenvalue weighted by molar-refractivity contribution is 0.589. The fraction of sp³-hybridized carbons (Fsp3) is 0.250. The first-order chi connectivity index (χ1) is 8.50. The molecule has 0 saturated heterocycles. The number of hydrogen-bond donors (Lipinski definition) is 0. The predicted molar refractivity (Wildman–Crippen MR) is 70.6 cm³/mol. The first kappa shape index (κ1) is 12.7. The van der Waals surface area contributed by atoms with Crippen LogP contribution in [0.5, 0.6) is 0 Å². The molecular formula is C16H16F2. The van der Waals surface area contributed by atoms with Crippen LogP contribution < -0.4 is 0 Å². The Morgan fingerprint density at radius 3 is 2.28 bits per heavy atom. The van der Waals surface area contributed by atoms with Crippen molar-refractivity contribution in [2.45, 2.75) is 26.7 Å². The van der Waals surface area contributed by atoms with Crippen LogP contribution in [0.4, 0.5) is 8.78 Å². The summed E-state index contributed by atoms with van der Waals surface area (Å²) in [5.41, 5.74) is 2.44. The zero-order chi connectivity index (χ0) is 13.3. The quantitative estimate of drug-likeness (QED) is 0.694. The van der Waals surface area contributed by atoms with E-state index in [9.17, 15) is 8.78 Å². The van der Waals surface area contributed by atoms with E-state index in [1.807, 2.05) is 13.8 Å². The first-order valence-electron chi connectivity index (χ1n) is 6.05. The lowest BCUT2D eigenvalue weighted by Crippen LogP contribution is -1.97. The molecule has 2 aromatic carbocycles. The lowest BCUT2D eigenvalue weighted by atomic mass is 9.94. The van der Waals surface area contributed by atoms with E-state index in [0.29, 0.717) is 16.7 Å². The minimum atomic E-state index is -0.279. The summed E-state index contributed by atoms with van der Waals surface area (Å²) in [6, 6.07) is 10.0. The largest absolute Gasteiger partial charge is 0.206 e. The molecule has 0 aliphatic rings. The van der Waals surface area contributed by atoms with Gasteiger partial charge in [-0.1, -0.05) is 32.0 Å². The summed E-state index contributed by atoms with van der Waals surface area (Å²) in [5.74, 6) is -0.390. The minimum Gasteiger partial charge on any atom is -0.206 e. The van der Waals surface area contributed by atoms with Crippen molar-refractivity contribution in [2.24, 2.45) is 0 Å². The van der Waals surface area contributed by atoms with Gasteiger partial charge < -0.3 is 0 Å². The molecule has 0 aromatic heterocycles. The minimum absolute atomic E-state index is 0.0791. The Labute approximate surface area is 106 Å². The van der Waals surface area contributed by atoms with Crippen molar-refractivity contribution in [1.29, 1.82) is 0 Å². The highest BCUT2D eigenvalue weighted by atomic mass is 19.1. The summed E-state index contributed by atoms with van der Waals surface area (Å²) < 4.78 is 27.7. The van der Waals surface area contributed by atoms with Gasteiger partial charge in [0.2, 0.25) is 0 Å². The molecule has 2 rings (SSSR count). The second-order valence-corrected chi connectivity index (χ2v) is 4.83. The number of aryl methyl sites for hydroxylation is 1. The topological polar surface area (TPSA) is 0 Å². The third-order valence-corrected chi connectivity index (χ3v) is 3.09. The molecule has 0 bridgehead atoms. The van der Waals surface area contributed by atoms with Crippen LogP contribution >= 0.6 is 0 Å². The summed E-state index contributed by atoms with van der Waals surface area (Å²) in [6.45, 7) is 5.58. The number of hydrogen-bond acceptors (Lipinski definition) is 0. The Bertz CT molecular complexity index is 571. The number of benzene rings is 2. The van der Waals surface area contributed by atoms with Crippen molar-refractivity contribution >= 4 is 0 Å². The Hall–Kier alpha value is -1.70. The van der Waals surface area contributed by atoms with E-state index < -0.39 is 0 Å². The van der Waals surface area contributed by atoms with Crippen LogP contribution in [-0.2, 0) is 0 Å². The SMILES string of the molecule is Cc1cc(-c2ccccc2F)cc(C(C)C)c1F. The third-order valence-electron chi connectivity index (χ3n) is 3.09. The van der Waals surface area contributed by atoms with Gasteiger partial charge >= 0.3 is 0 Å². The van der Waals surface area contributed by atoms with Gasteiger partial charge in [-0.2, -0.15) is 0 Å². The lowest BCUT2D eigenvalue weighted by Gasteiger charge is -2.13. The van der Waals surface area contributed by atoms with Gasteiger partial charge in [-0.25, -0.2) is 8.78 Å². The fourth-order valence-corrected chi connectivity index (χ4v) is 2.07. The molecule has 0 fully saturated rings. The summed E-state index contributed by atoms with van der Waals surface area (Å²) in [4.78, 5) is 0. The van der Waals surface area contributed by atoms with Crippen LogP contribution in [0.2, 0.25) is 0 Å². The second-order valence-electron chi connectivity index (χ2n) is 4.83. The van der Waals surface area contributed by atoms with E-state index in [0.717, 1.165) is 5.56 Å². The van der Waals surface area contributed by atoms with Crippen LogP contribution in [0.1, 0.15) is 30.9 Å². The molecule has 0 atom stereocenters. The molecule has 0 aliphatic carbocycles. The summed E-state index contributed by atoms with van der Waals surface area (Å²) >= 11 is 0. The molecule has 0 nitrogen and oxygen atoms in total. The molecule has 0 N–H and O–H groups in total. The fourth-order valence-electron chi connectivity index (χ4n) is 2.07. The van der Waals surface area contributed by atoms with Gasteiger partial charge in [0.15, 0.2) is 0 Å². The normalized spacial score (nSPS) is 11.0. The molecule has 0 heterocycles. The third kappa shape index (κ3) is 2.28. The predicted octanol–water partition coefficient (Wildman–Crippen LogP) is 5.06. The molecule has 0 saturated carbocycles. The van der Waals surface area contributed by atoms with Crippen molar-refractivity contribution in [3.8, 4) is 11.1 Å². The highest BCUT2D eigenvalue weighted by Crippen LogP contribution is 2.30. The zero-order valence-electron chi connectivity index (χ0n) is 10.8. The van der Waals surface area contributed by atoms with E-state index in [-0.39, 0.29) is 17.6 Å². The van der Waals surface area contributed by atoms with E-state index >= 15 is 0 Å². The van der Waals surface area contributed by atoms with Crippen LogP contribution in [-0.4, -0.2) is 0 Å². The maximum atomic E-state index is 14.0. The molecular weight excluding hydrogens is 230 g/mol. The number of rotatable bonds is 2. The van der Waals surface area contributed by atoms with Crippen molar-refractivity contribution in [2.75, 3.05) is 0 Å². The highest BCUT2D eigenvalue weighted by molar-refractivity contribution is 5.66. The molecule has 0 spiro atoms. The van der Waals surface area contributed by atoms with Gasteiger partial charge in [-0.05, 0) is 47.7 Å². The summed E-state index contributed by atoms with van der Waals surface area (Å²) in [7, 11) is 0. The molecule has 0 radical (unpaired) electrons. The average molecular weight is 246 g/mol.